The Balaban J connectivity index is 2.41. The maximum Gasteiger partial charge on any atom is 0.195 e. The Morgan fingerprint density at radius 3 is 3.06 bits per heavy atom. The Morgan fingerprint density at radius 2 is 2.35 bits per heavy atom. The third kappa shape index (κ3) is 2.62. The van der Waals surface area contributed by atoms with Gasteiger partial charge >= 0.3 is 0 Å². The number of fused-ring (bicyclic) bond motifs is 1. The molecule has 0 amide bonds. The Labute approximate surface area is 109 Å². The van der Waals surface area contributed by atoms with E-state index in [0.717, 1.165) is 4.80 Å². The minimum atomic E-state index is 0.493. The largest absolute Gasteiger partial charge is 0.357 e. The van der Waals surface area contributed by atoms with Crippen molar-refractivity contribution in [3.63, 3.8) is 0 Å². The quantitative estimate of drug-likeness (QED) is 0.665. The summed E-state index contributed by atoms with van der Waals surface area (Å²) in [5.41, 5.74) is 1.17. The molecule has 0 aliphatic carbocycles. The van der Waals surface area contributed by atoms with E-state index in [1.807, 2.05) is 23.7 Å². The van der Waals surface area contributed by atoms with Crippen LogP contribution in [0.1, 0.15) is 0 Å². The second kappa shape index (κ2) is 5.25. The van der Waals surface area contributed by atoms with E-state index in [1.54, 1.807) is 17.4 Å². The molecule has 0 radical (unpaired) electrons. The highest BCUT2D eigenvalue weighted by molar-refractivity contribution is 7.80. The van der Waals surface area contributed by atoms with Crippen molar-refractivity contribution in [2.45, 2.75) is 0 Å². The van der Waals surface area contributed by atoms with Crippen LogP contribution in [0, 0.1) is 0 Å². The van der Waals surface area contributed by atoms with E-state index in [9.17, 15) is 0 Å². The lowest BCUT2D eigenvalue weighted by Gasteiger charge is -1.98. The molecule has 0 spiro atoms. The van der Waals surface area contributed by atoms with Gasteiger partial charge in [0.1, 0.15) is 0 Å². The fraction of sp³-hybridized carbons (Fsp3) is 0.167. The molecule has 2 rings (SSSR count). The SMILES string of the molecule is C=CCNC(=S)N=c1sc2ccccc2n1C. The van der Waals surface area contributed by atoms with E-state index in [-0.39, 0.29) is 0 Å². The van der Waals surface area contributed by atoms with Gasteiger partial charge in [-0.05, 0) is 24.4 Å². The average Bonchev–Trinajstić information content (AvgIpc) is 2.64. The van der Waals surface area contributed by atoms with Gasteiger partial charge in [0.2, 0.25) is 0 Å². The molecule has 1 N–H and O–H groups in total. The van der Waals surface area contributed by atoms with Crippen LogP contribution in [-0.2, 0) is 7.05 Å². The van der Waals surface area contributed by atoms with Gasteiger partial charge in [-0.25, -0.2) is 0 Å². The van der Waals surface area contributed by atoms with Crippen LogP contribution in [0.4, 0.5) is 0 Å². The molecule has 0 bridgehead atoms. The lowest BCUT2D eigenvalue weighted by atomic mass is 10.3. The normalized spacial score (nSPS) is 11.7. The zero-order valence-electron chi connectivity index (χ0n) is 9.51. The van der Waals surface area contributed by atoms with Crippen LogP contribution >= 0.6 is 23.6 Å². The van der Waals surface area contributed by atoms with E-state index < -0.39 is 0 Å². The molecule has 0 unspecified atom stereocenters. The van der Waals surface area contributed by atoms with E-state index in [1.165, 1.54) is 10.2 Å². The topological polar surface area (TPSA) is 29.3 Å². The first-order valence-electron chi connectivity index (χ1n) is 5.20. The highest BCUT2D eigenvalue weighted by Crippen LogP contribution is 2.14. The van der Waals surface area contributed by atoms with Gasteiger partial charge in [0.05, 0.1) is 10.2 Å². The monoisotopic (exact) mass is 263 g/mol. The predicted octanol–water partition coefficient (Wildman–Crippen LogP) is 2.20. The molecule has 0 fully saturated rings. The molecular weight excluding hydrogens is 250 g/mol. The smallest absolute Gasteiger partial charge is 0.195 e. The first-order chi connectivity index (χ1) is 8.22. The van der Waals surface area contributed by atoms with Crippen LogP contribution in [0.15, 0.2) is 41.9 Å². The summed E-state index contributed by atoms with van der Waals surface area (Å²) >= 11 is 6.76. The highest BCUT2D eigenvalue weighted by atomic mass is 32.1. The van der Waals surface area contributed by atoms with Crippen molar-refractivity contribution < 1.29 is 0 Å². The van der Waals surface area contributed by atoms with Gasteiger partial charge in [0.15, 0.2) is 9.91 Å². The van der Waals surface area contributed by atoms with Crippen molar-refractivity contribution in [3.8, 4) is 0 Å². The molecule has 0 aliphatic heterocycles. The van der Waals surface area contributed by atoms with Gasteiger partial charge in [-0.1, -0.05) is 29.5 Å². The number of rotatable bonds is 2. The summed E-state index contributed by atoms with van der Waals surface area (Å²) < 4.78 is 3.25. The summed E-state index contributed by atoms with van der Waals surface area (Å²) in [7, 11) is 1.99. The van der Waals surface area contributed by atoms with Gasteiger partial charge in [-0.3, -0.25) is 0 Å². The van der Waals surface area contributed by atoms with E-state index in [0.29, 0.717) is 11.7 Å². The fourth-order valence-corrected chi connectivity index (χ4v) is 2.73. The number of aryl methyl sites for hydroxylation is 1. The van der Waals surface area contributed by atoms with Crippen LogP contribution in [0.25, 0.3) is 10.2 Å². The molecule has 17 heavy (non-hydrogen) atoms. The zero-order valence-corrected chi connectivity index (χ0v) is 11.1. The standard InChI is InChI=1S/C12H13N3S2/c1-3-8-13-11(16)14-12-15(2)9-6-4-5-7-10(9)17-12/h3-7H,1,8H2,2H3,(H,13,16). The molecule has 5 heteroatoms. The van der Waals surface area contributed by atoms with Crippen LogP contribution in [0.2, 0.25) is 0 Å². The number of hydrogen-bond acceptors (Lipinski definition) is 2. The van der Waals surface area contributed by atoms with E-state index in [4.69, 9.17) is 12.2 Å². The predicted molar refractivity (Wildman–Crippen MR) is 77.2 cm³/mol. The van der Waals surface area contributed by atoms with Crippen LogP contribution in [0.3, 0.4) is 0 Å². The average molecular weight is 263 g/mol. The summed E-state index contributed by atoms with van der Waals surface area (Å²) in [6.45, 7) is 4.26. The van der Waals surface area contributed by atoms with Crippen LogP contribution in [0.5, 0.6) is 0 Å². The van der Waals surface area contributed by atoms with Crippen molar-refractivity contribution in [1.82, 2.24) is 9.88 Å². The van der Waals surface area contributed by atoms with Crippen molar-refractivity contribution in [2.24, 2.45) is 12.0 Å². The molecule has 1 heterocycles. The molecule has 2 aromatic rings. The van der Waals surface area contributed by atoms with Gasteiger partial charge in [0, 0.05) is 13.6 Å². The lowest BCUT2D eigenvalue weighted by molar-refractivity contribution is 0.910. The highest BCUT2D eigenvalue weighted by Gasteiger charge is 2.01. The molecule has 3 nitrogen and oxygen atoms in total. The van der Waals surface area contributed by atoms with Crippen LogP contribution < -0.4 is 10.1 Å². The number of nitrogens with one attached hydrogen (secondary N) is 1. The first-order valence-corrected chi connectivity index (χ1v) is 6.43. The Hall–Kier alpha value is -1.46. The minimum absolute atomic E-state index is 0.493. The summed E-state index contributed by atoms with van der Waals surface area (Å²) in [5.74, 6) is 0. The summed E-state index contributed by atoms with van der Waals surface area (Å²) in [6.07, 6.45) is 1.76. The Kier molecular flexibility index (Phi) is 3.71. The zero-order chi connectivity index (χ0) is 12.3. The molecule has 0 atom stereocenters. The second-order valence-corrected chi connectivity index (χ2v) is 4.89. The number of hydrogen-bond donors (Lipinski definition) is 1. The maximum atomic E-state index is 5.13. The summed E-state index contributed by atoms with van der Waals surface area (Å²) in [5, 5.41) is 3.49. The van der Waals surface area contributed by atoms with Gasteiger partial charge < -0.3 is 9.88 Å². The Bertz CT molecular complexity index is 622. The van der Waals surface area contributed by atoms with Gasteiger partial charge in [0.25, 0.3) is 0 Å². The molecule has 0 aliphatic rings. The third-order valence-corrected chi connectivity index (χ3v) is 3.66. The number of thiazole rings is 1. The van der Waals surface area contributed by atoms with Crippen LogP contribution in [-0.4, -0.2) is 16.2 Å². The number of nitrogens with zero attached hydrogens (tertiary/aromatic N) is 2. The summed E-state index contributed by atoms with van der Waals surface area (Å²) in [4.78, 5) is 5.28. The molecule has 1 aromatic heterocycles. The first kappa shape index (κ1) is 12.0. The molecule has 0 saturated heterocycles. The lowest BCUT2D eigenvalue weighted by Crippen LogP contribution is -2.23. The number of para-hydroxylation sites is 1. The summed E-state index contributed by atoms with van der Waals surface area (Å²) in [6, 6.07) is 8.20. The van der Waals surface area contributed by atoms with Crippen molar-refractivity contribution >= 4 is 38.9 Å². The number of benzene rings is 1. The molecule has 0 saturated carbocycles. The number of thiocarbonyl (C=S) groups is 1. The van der Waals surface area contributed by atoms with Crippen molar-refractivity contribution in [2.75, 3.05) is 6.54 Å². The molecule has 1 aromatic carbocycles. The van der Waals surface area contributed by atoms with Gasteiger partial charge in [-0.2, -0.15) is 4.99 Å². The molecule has 88 valence electrons. The molecular formula is C12H13N3S2. The Morgan fingerprint density at radius 1 is 1.59 bits per heavy atom. The van der Waals surface area contributed by atoms with E-state index in [2.05, 4.69) is 29.0 Å². The van der Waals surface area contributed by atoms with E-state index >= 15 is 0 Å². The van der Waals surface area contributed by atoms with Gasteiger partial charge in [-0.15, -0.1) is 6.58 Å². The third-order valence-electron chi connectivity index (χ3n) is 2.31. The van der Waals surface area contributed by atoms with Crippen molar-refractivity contribution in [1.29, 1.82) is 0 Å². The minimum Gasteiger partial charge on any atom is -0.357 e. The number of aromatic nitrogens is 1. The maximum absolute atomic E-state index is 5.13. The second-order valence-electron chi connectivity index (χ2n) is 3.50. The fourth-order valence-electron chi connectivity index (χ4n) is 1.47. The van der Waals surface area contributed by atoms with Crippen molar-refractivity contribution in [3.05, 3.63) is 41.7 Å².